The van der Waals surface area contributed by atoms with E-state index in [0.29, 0.717) is 18.7 Å². The molecule has 1 unspecified atom stereocenters. The third-order valence-electron chi connectivity index (χ3n) is 4.39. The smallest absolute Gasteiger partial charge is 0.326 e. The minimum Gasteiger partial charge on any atom is -0.480 e. The molecular weight excluding hydrogens is 374 g/mol. The first-order chi connectivity index (χ1) is 12.5. The molecule has 2 N–H and O–H groups in total. The SMILES string of the molecule is CC(=O)NCCN(C(=O)c1ccc2c(c1)CCN2S(C)(=O)=O)C(C)C(=O)O. The molecule has 2 amide bonds. The van der Waals surface area contributed by atoms with Gasteiger partial charge in [0.15, 0.2) is 0 Å². The molecule has 1 aliphatic heterocycles. The zero-order valence-corrected chi connectivity index (χ0v) is 16.2. The lowest BCUT2D eigenvalue weighted by Gasteiger charge is -2.27. The van der Waals surface area contributed by atoms with Gasteiger partial charge in [0.05, 0.1) is 11.9 Å². The van der Waals surface area contributed by atoms with Crippen molar-refractivity contribution in [1.29, 1.82) is 0 Å². The van der Waals surface area contributed by atoms with Crippen LogP contribution in [0.1, 0.15) is 29.8 Å². The summed E-state index contributed by atoms with van der Waals surface area (Å²) in [4.78, 5) is 36.4. The molecule has 0 bridgehead atoms. The van der Waals surface area contributed by atoms with Gasteiger partial charge in [-0.25, -0.2) is 13.2 Å². The number of hydrogen-bond donors (Lipinski definition) is 2. The molecule has 1 heterocycles. The van der Waals surface area contributed by atoms with Crippen LogP contribution in [0.4, 0.5) is 5.69 Å². The molecule has 1 aliphatic rings. The van der Waals surface area contributed by atoms with Crippen LogP contribution in [-0.4, -0.2) is 68.1 Å². The van der Waals surface area contributed by atoms with E-state index in [0.717, 1.165) is 11.8 Å². The van der Waals surface area contributed by atoms with Crippen molar-refractivity contribution in [2.75, 3.05) is 30.2 Å². The number of benzene rings is 1. The van der Waals surface area contributed by atoms with E-state index in [9.17, 15) is 27.9 Å². The number of nitrogens with one attached hydrogen (secondary N) is 1. The Morgan fingerprint density at radius 1 is 1.33 bits per heavy atom. The fourth-order valence-corrected chi connectivity index (χ4v) is 3.93. The first-order valence-electron chi connectivity index (χ1n) is 8.41. The first kappa shape index (κ1) is 20.7. The van der Waals surface area contributed by atoms with Crippen molar-refractivity contribution in [3.05, 3.63) is 29.3 Å². The highest BCUT2D eigenvalue weighted by Gasteiger charge is 2.30. The lowest BCUT2D eigenvalue weighted by atomic mass is 10.1. The second-order valence-electron chi connectivity index (χ2n) is 6.42. The molecule has 9 nitrogen and oxygen atoms in total. The largest absolute Gasteiger partial charge is 0.480 e. The Balaban J connectivity index is 2.27. The Morgan fingerprint density at radius 3 is 2.56 bits per heavy atom. The van der Waals surface area contributed by atoms with Crippen LogP contribution in [0.5, 0.6) is 0 Å². The first-order valence-corrected chi connectivity index (χ1v) is 10.3. The summed E-state index contributed by atoms with van der Waals surface area (Å²) in [5.74, 6) is -1.92. The van der Waals surface area contributed by atoms with Crippen LogP contribution in [0, 0.1) is 0 Å². The van der Waals surface area contributed by atoms with Crippen molar-refractivity contribution in [3.63, 3.8) is 0 Å². The monoisotopic (exact) mass is 397 g/mol. The van der Waals surface area contributed by atoms with E-state index >= 15 is 0 Å². The van der Waals surface area contributed by atoms with E-state index in [1.54, 1.807) is 12.1 Å². The fraction of sp³-hybridized carbons (Fsp3) is 0.471. The van der Waals surface area contributed by atoms with Crippen molar-refractivity contribution in [3.8, 4) is 0 Å². The average molecular weight is 397 g/mol. The number of carboxylic acids is 1. The van der Waals surface area contributed by atoms with Gasteiger partial charge in [0.1, 0.15) is 6.04 Å². The van der Waals surface area contributed by atoms with Crippen LogP contribution in [0.25, 0.3) is 0 Å². The van der Waals surface area contributed by atoms with Crippen molar-refractivity contribution >= 4 is 33.5 Å². The van der Waals surface area contributed by atoms with Crippen LogP contribution in [0.2, 0.25) is 0 Å². The summed E-state index contributed by atoms with van der Waals surface area (Å²) in [7, 11) is -3.39. The molecular formula is C17H23N3O6S. The minimum atomic E-state index is -3.39. The second-order valence-corrected chi connectivity index (χ2v) is 8.33. The van der Waals surface area contributed by atoms with Gasteiger partial charge in [0.2, 0.25) is 15.9 Å². The lowest BCUT2D eigenvalue weighted by Crippen LogP contribution is -2.46. The molecule has 2 rings (SSSR count). The van der Waals surface area contributed by atoms with Gasteiger partial charge in [-0.05, 0) is 37.1 Å². The number of rotatable bonds is 7. The van der Waals surface area contributed by atoms with Crippen molar-refractivity contribution < 1.29 is 27.9 Å². The number of hydrogen-bond acceptors (Lipinski definition) is 5. The van der Waals surface area contributed by atoms with Crippen LogP contribution >= 0.6 is 0 Å². The van der Waals surface area contributed by atoms with Crippen LogP contribution in [0.3, 0.4) is 0 Å². The Hall–Kier alpha value is -2.62. The van der Waals surface area contributed by atoms with Gasteiger partial charge in [-0.1, -0.05) is 0 Å². The van der Waals surface area contributed by atoms with Gasteiger partial charge in [-0.3, -0.25) is 13.9 Å². The second kappa shape index (κ2) is 7.95. The Labute approximate surface area is 158 Å². The number of amides is 2. The molecule has 0 saturated carbocycles. The summed E-state index contributed by atoms with van der Waals surface area (Å²) in [6.45, 7) is 3.21. The number of fused-ring (bicyclic) bond motifs is 1. The topological polar surface area (TPSA) is 124 Å². The molecule has 0 spiro atoms. The highest BCUT2D eigenvalue weighted by Crippen LogP contribution is 2.31. The maximum absolute atomic E-state index is 12.9. The molecule has 0 aliphatic carbocycles. The predicted molar refractivity (Wildman–Crippen MR) is 99.2 cm³/mol. The van der Waals surface area contributed by atoms with Crippen LogP contribution in [-0.2, 0) is 26.0 Å². The van der Waals surface area contributed by atoms with Gasteiger partial charge in [0.25, 0.3) is 5.91 Å². The molecule has 1 atom stereocenters. The van der Waals surface area contributed by atoms with Gasteiger partial charge in [-0.2, -0.15) is 0 Å². The molecule has 27 heavy (non-hydrogen) atoms. The van der Waals surface area contributed by atoms with E-state index < -0.39 is 27.9 Å². The lowest BCUT2D eigenvalue weighted by molar-refractivity contribution is -0.141. The highest BCUT2D eigenvalue weighted by atomic mass is 32.2. The van der Waals surface area contributed by atoms with E-state index in [1.807, 2.05) is 0 Å². The summed E-state index contributed by atoms with van der Waals surface area (Å²) in [5, 5.41) is 11.8. The molecule has 0 fully saturated rings. The number of carbonyl (C=O) groups is 3. The fourth-order valence-electron chi connectivity index (χ4n) is 2.97. The van der Waals surface area contributed by atoms with Crippen molar-refractivity contribution in [2.24, 2.45) is 0 Å². The normalized spacial score (nSPS) is 14.4. The van der Waals surface area contributed by atoms with E-state index in [-0.39, 0.29) is 24.6 Å². The van der Waals surface area contributed by atoms with Gasteiger partial charge < -0.3 is 15.3 Å². The summed E-state index contributed by atoms with van der Waals surface area (Å²) < 4.78 is 24.9. The molecule has 1 aromatic rings. The average Bonchev–Trinajstić information content (AvgIpc) is 3.00. The molecule has 0 radical (unpaired) electrons. The van der Waals surface area contributed by atoms with Gasteiger partial charge >= 0.3 is 5.97 Å². The van der Waals surface area contributed by atoms with Crippen LogP contribution < -0.4 is 9.62 Å². The molecule has 148 valence electrons. The number of anilines is 1. The quantitative estimate of drug-likeness (QED) is 0.670. The predicted octanol–water partition coefficient (Wildman–Crippen LogP) is 0.0601. The number of carbonyl (C=O) groups excluding carboxylic acids is 2. The zero-order valence-electron chi connectivity index (χ0n) is 15.4. The summed E-state index contributed by atoms with van der Waals surface area (Å²) >= 11 is 0. The number of carboxylic acid groups (broad SMARTS) is 1. The standard InChI is InChI=1S/C17H23N3O6S/c1-11(17(23)24)19(9-7-18-12(2)21)16(22)14-4-5-15-13(10-14)6-8-20(15)27(3,25)26/h4-5,10-11H,6-9H2,1-3H3,(H,18,21)(H,23,24). The van der Waals surface area contributed by atoms with Crippen molar-refractivity contribution in [2.45, 2.75) is 26.3 Å². The highest BCUT2D eigenvalue weighted by molar-refractivity contribution is 7.92. The maximum atomic E-state index is 12.9. The third-order valence-corrected chi connectivity index (χ3v) is 5.57. The summed E-state index contributed by atoms with van der Waals surface area (Å²) in [5.41, 5.74) is 1.53. The molecule has 10 heteroatoms. The molecule has 0 saturated heterocycles. The number of aliphatic carboxylic acids is 1. The molecule has 1 aromatic carbocycles. The third kappa shape index (κ3) is 4.76. The van der Waals surface area contributed by atoms with E-state index in [1.165, 1.54) is 29.1 Å². The number of sulfonamides is 1. The van der Waals surface area contributed by atoms with E-state index in [2.05, 4.69) is 5.32 Å². The Morgan fingerprint density at radius 2 is 2.00 bits per heavy atom. The van der Waals surface area contributed by atoms with E-state index in [4.69, 9.17) is 0 Å². The Bertz CT molecular complexity index is 867. The van der Waals surface area contributed by atoms with Gasteiger partial charge in [0, 0.05) is 32.1 Å². The minimum absolute atomic E-state index is 0.0401. The zero-order chi connectivity index (χ0) is 20.4. The summed E-state index contributed by atoms with van der Waals surface area (Å²) in [6.07, 6.45) is 1.60. The summed E-state index contributed by atoms with van der Waals surface area (Å²) in [6, 6.07) is 3.58. The van der Waals surface area contributed by atoms with Gasteiger partial charge in [-0.15, -0.1) is 0 Å². The molecule has 0 aromatic heterocycles. The Kier molecular flexibility index (Phi) is 6.09. The van der Waals surface area contributed by atoms with Crippen molar-refractivity contribution in [1.82, 2.24) is 10.2 Å². The maximum Gasteiger partial charge on any atom is 0.326 e. The number of nitrogens with zero attached hydrogens (tertiary/aromatic N) is 2. The van der Waals surface area contributed by atoms with Crippen LogP contribution in [0.15, 0.2) is 18.2 Å².